The van der Waals surface area contributed by atoms with Gasteiger partial charge in [-0.3, -0.25) is 0 Å². The predicted octanol–water partition coefficient (Wildman–Crippen LogP) is 12.3. The van der Waals surface area contributed by atoms with Crippen LogP contribution in [0.3, 0.4) is 0 Å². The number of fused-ring (bicyclic) bond motifs is 10. The minimum Gasteiger partial charge on any atom is -0.456 e. The molecule has 10 rings (SSSR count). The lowest BCUT2D eigenvalue weighted by Gasteiger charge is -2.19. The van der Waals surface area contributed by atoms with Crippen molar-refractivity contribution in [3.05, 3.63) is 146 Å². The van der Waals surface area contributed by atoms with Crippen molar-refractivity contribution in [2.75, 3.05) is 0 Å². The average Bonchev–Trinajstić information content (AvgIpc) is 3.65. The Hall–Kier alpha value is -5.86. The highest BCUT2D eigenvalue weighted by molar-refractivity contribution is 6.28. The fourth-order valence-electron chi connectivity index (χ4n) is 7.41. The van der Waals surface area contributed by atoms with Crippen LogP contribution in [0.4, 0.5) is 0 Å². The second-order valence-electron chi connectivity index (χ2n) is 11.6. The Morgan fingerprint density at radius 2 is 0.773 bits per heavy atom. The van der Waals surface area contributed by atoms with Crippen LogP contribution in [0.15, 0.2) is 154 Å². The second kappa shape index (κ2) is 8.82. The molecule has 2 aromatic heterocycles. The fourth-order valence-corrected chi connectivity index (χ4v) is 7.41. The second-order valence-corrected chi connectivity index (χ2v) is 11.6. The third-order valence-corrected chi connectivity index (χ3v) is 9.25. The van der Waals surface area contributed by atoms with Crippen LogP contribution in [-0.4, -0.2) is 0 Å². The molecule has 2 heteroatoms. The van der Waals surface area contributed by atoms with E-state index in [1.54, 1.807) is 0 Å². The van der Waals surface area contributed by atoms with Gasteiger partial charge in [0.15, 0.2) is 0 Å². The summed E-state index contributed by atoms with van der Waals surface area (Å²) in [5.74, 6) is 0. The Labute approximate surface area is 252 Å². The van der Waals surface area contributed by atoms with Gasteiger partial charge in [0.25, 0.3) is 0 Å². The summed E-state index contributed by atoms with van der Waals surface area (Å²) in [4.78, 5) is 0. The number of para-hydroxylation sites is 2. The van der Waals surface area contributed by atoms with Gasteiger partial charge in [-0.05, 0) is 84.9 Å². The summed E-state index contributed by atoms with van der Waals surface area (Å²) in [5, 5.41) is 11.9. The zero-order valence-electron chi connectivity index (χ0n) is 23.7. The van der Waals surface area contributed by atoms with E-state index < -0.39 is 0 Å². The van der Waals surface area contributed by atoms with E-state index in [2.05, 4.69) is 127 Å². The van der Waals surface area contributed by atoms with Crippen molar-refractivity contribution in [3.8, 4) is 22.3 Å². The van der Waals surface area contributed by atoms with Crippen LogP contribution in [0.1, 0.15) is 0 Å². The molecule has 0 fully saturated rings. The van der Waals surface area contributed by atoms with Crippen LogP contribution < -0.4 is 0 Å². The van der Waals surface area contributed by atoms with Crippen molar-refractivity contribution >= 4 is 76.2 Å². The molecule has 2 nitrogen and oxygen atoms in total. The Kier molecular flexibility index (Phi) is 4.75. The van der Waals surface area contributed by atoms with Crippen molar-refractivity contribution in [3.63, 3.8) is 0 Å². The highest BCUT2D eigenvalue weighted by Crippen LogP contribution is 2.48. The molecule has 0 unspecified atom stereocenters. The summed E-state index contributed by atoms with van der Waals surface area (Å²) in [5.41, 5.74) is 8.48. The molecule has 0 aliphatic heterocycles. The SMILES string of the molecule is c1ccc2c(c1)oc1ccc(-c3c4ccccc4c(-c4cc5oc6ccccc6c5c5ccccc45)c4ccccc34)cc12. The lowest BCUT2D eigenvalue weighted by molar-refractivity contribution is 0.668. The summed E-state index contributed by atoms with van der Waals surface area (Å²) in [6.07, 6.45) is 0. The zero-order chi connectivity index (χ0) is 28.8. The lowest BCUT2D eigenvalue weighted by Crippen LogP contribution is -1.92. The first-order chi connectivity index (χ1) is 21.8. The lowest BCUT2D eigenvalue weighted by atomic mass is 9.84. The number of hydrogen-bond donors (Lipinski definition) is 0. The van der Waals surface area contributed by atoms with Crippen molar-refractivity contribution in [2.24, 2.45) is 0 Å². The molecule has 44 heavy (non-hydrogen) atoms. The number of rotatable bonds is 2. The van der Waals surface area contributed by atoms with Crippen LogP contribution in [-0.2, 0) is 0 Å². The first-order valence-corrected chi connectivity index (χ1v) is 15.0. The van der Waals surface area contributed by atoms with Gasteiger partial charge in [0.05, 0.1) is 0 Å². The number of benzene rings is 8. The topological polar surface area (TPSA) is 26.3 Å². The summed E-state index contributed by atoms with van der Waals surface area (Å²) in [6, 6.07) is 51.9. The third kappa shape index (κ3) is 3.20. The summed E-state index contributed by atoms with van der Waals surface area (Å²) in [6.45, 7) is 0. The van der Waals surface area contributed by atoms with Crippen LogP contribution in [0.2, 0.25) is 0 Å². The number of furan rings is 2. The maximum atomic E-state index is 6.50. The molecular formula is C42H24O2. The normalized spacial score (nSPS) is 12.1. The average molecular weight is 561 g/mol. The van der Waals surface area contributed by atoms with Gasteiger partial charge in [-0.2, -0.15) is 0 Å². The van der Waals surface area contributed by atoms with Crippen LogP contribution in [0.25, 0.3) is 98.4 Å². The van der Waals surface area contributed by atoms with Crippen molar-refractivity contribution < 1.29 is 8.83 Å². The molecule has 0 spiro atoms. The molecular weight excluding hydrogens is 536 g/mol. The van der Waals surface area contributed by atoms with Crippen LogP contribution in [0, 0.1) is 0 Å². The largest absolute Gasteiger partial charge is 0.456 e. The van der Waals surface area contributed by atoms with Crippen LogP contribution >= 0.6 is 0 Å². The van der Waals surface area contributed by atoms with E-state index in [0.717, 1.165) is 38.5 Å². The highest BCUT2D eigenvalue weighted by atomic mass is 16.3. The highest BCUT2D eigenvalue weighted by Gasteiger charge is 2.21. The molecule has 2 heterocycles. The van der Waals surface area contributed by atoms with Gasteiger partial charge in [0, 0.05) is 21.5 Å². The molecule has 8 aromatic carbocycles. The third-order valence-electron chi connectivity index (χ3n) is 9.25. The standard InChI is InChI=1S/C42H24O2/c1-2-13-28-26(11-1)35(24-39-42(28)33-18-8-10-20-37(33)44-39)41-31-16-5-3-14-29(31)40(30-15-4-6-17-32(30)41)25-21-22-38-34(23-25)27-12-7-9-19-36(27)43-38/h1-24H. The first-order valence-electron chi connectivity index (χ1n) is 15.0. The minimum absolute atomic E-state index is 0.908. The molecule has 0 aliphatic rings. The monoisotopic (exact) mass is 560 g/mol. The minimum atomic E-state index is 0.908. The van der Waals surface area contributed by atoms with E-state index in [0.29, 0.717) is 0 Å². The fraction of sp³-hybridized carbons (Fsp3) is 0. The maximum Gasteiger partial charge on any atom is 0.136 e. The predicted molar refractivity (Wildman–Crippen MR) is 184 cm³/mol. The quantitative estimate of drug-likeness (QED) is 0.197. The van der Waals surface area contributed by atoms with E-state index >= 15 is 0 Å². The van der Waals surface area contributed by atoms with Gasteiger partial charge in [-0.25, -0.2) is 0 Å². The van der Waals surface area contributed by atoms with Crippen molar-refractivity contribution in [1.82, 2.24) is 0 Å². The van der Waals surface area contributed by atoms with E-state index in [1.165, 1.54) is 60.0 Å². The van der Waals surface area contributed by atoms with Gasteiger partial charge in [0.2, 0.25) is 0 Å². The molecule has 0 N–H and O–H groups in total. The Balaban J connectivity index is 1.35. The van der Waals surface area contributed by atoms with Crippen molar-refractivity contribution in [1.29, 1.82) is 0 Å². The molecule has 0 amide bonds. The van der Waals surface area contributed by atoms with E-state index in [9.17, 15) is 0 Å². The van der Waals surface area contributed by atoms with E-state index in [-0.39, 0.29) is 0 Å². The van der Waals surface area contributed by atoms with Gasteiger partial charge >= 0.3 is 0 Å². The zero-order valence-corrected chi connectivity index (χ0v) is 23.7. The van der Waals surface area contributed by atoms with Gasteiger partial charge in [0.1, 0.15) is 22.3 Å². The molecule has 0 radical (unpaired) electrons. The smallest absolute Gasteiger partial charge is 0.136 e. The molecule has 0 atom stereocenters. The molecule has 10 aromatic rings. The molecule has 0 bridgehead atoms. The van der Waals surface area contributed by atoms with E-state index in [4.69, 9.17) is 8.83 Å². The molecule has 0 saturated carbocycles. The van der Waals surface area contributed by atoms with E-state index in [1.807, 2.05) is 18.2 Å². The molecule has 204 valence electrons. The summed E-state index contributed by atoms with van der Waals surface area (Å²) in [7, 11) is 0. The first kappa shape index (κ1) is 23.7. The molecule has 0 saturated heterocycles. The summed E-state index contributed by atoms with van der Waals surface area (Å²) < 4.78 is 12.7. The Morgan fingerprint density at radius 3 is 1.45 bits per heavy atom. The van der Waals surface area contributed by atoms with Crippen molar-refractivity contribution in [2.45, 2.75) is 0 Å². The van der Waals surface area contributed by atoms with Gasteiger partial charge < -0.3 is 8.83 Å². The summed E-state index contributed by atoms with van der Waals surface area (Å²) >= 11 is 0. The Morgan fingerprint density at radius 1 is 0.295 bits per heavy atom. The maximum absolute atomic E-state index is 6.50. The molecule has 0 aliphatic carbocycles. The number of hydrogen-bond acceptors (Lipinski definition) is 2. The van der Waals surface area contributed by atoms with Gasteiger partial charge in [-0.1, -0.05) is 115 Å². The Bertz CT molecular complexity index is 2720. The van der Waals surface area contributed by atoms with Crippen LogP contribution in [0.5, 0.6) is 0 Å². The van der Waals surface area contributed by atoms with Gasteiger partial charge in [-0.15, -0.1) is 0 Å².